The van der Waals surface area contributed by atoms with Crippen LogP contribution in [0.25, 0.3) is 0 Å². The second kappa shape index (κ2) is 5.80. The number of likely N-dealkylation sites (N-methyl/N-ethyl adjacent to an activating group) is 1. The molecule has 0 fully saturated rings. The smallest absolute Gasteiger partial charge is 0.126 e. The van der Waals surface area contributed by atoms with E-state index in [0.717, 1.165) is 12.1 Å². The Morgan fingerprint density at radius 2 is 2.00 bits per heavy atom. The highest BCUT2D eigenvalue weighted by molar-refractivity contribution is 6.31. The average molecular weight is 259 g/mol. The molecule has 0 aliphatic carbocycles. The molecule has 0 unspecified atom stereocenters. The normalized spacial score (nSPS) is 11.9. The van der Waals surface area contributed by atoms with E-state index in [1.165, 1.54) is 6.07 Å². The zero-order chi connectivity index (χ0) is 13.1. The quantitative estimate of drug-likeness (QED) is 0.849. The van der Waals surface area contributed by atoms with Crippen molar-refractivity contribution in [3.63, 3.8) is 0 Å². The van der Waals surface area contributed by atoms with Crippen LogP contribution in [0.15, 0.2) is 12.1 Å². The molecule has 0 spiro atoms. The van der Waals surface area contributed by atoms with Gasteiger partial charge in [-0.3, -0.25) is 0 Å². The van der Waals surface area contributed by atoms with E-state index >= 15 is 0 Å². The van der Waals surface area contributed by atoms with Gasteiger partial charge in [0.1, 0.15) is 5.82 Å². The molecule has 1 aromatic carbocycles. The van der Waals surface area contributed by atoms with Crippen molar-refractivity contribution in [3.05, 3.63) is 34.1 Å². The van der Waals surface area contributed by atoms with Crippen LogP contribution in [-0.4, -0.2) is 19.1 Å². The Labute approximate surface area is 108 Å². The van der Waals surface area contributed by atoms with Crippen LogP contribution in [0.1, 0.15) is 25.0 Å². The zero-order valence-corrected chi connectivity index (χ0v) is 11.6. The highest BCUT2D eigenvalue weighted by atomic mass is 35.5. The van der Waals surface area contributed by atoms with Gasteiger partial charge in [0.05, 0.1) is 0 Å². The van der Waals surface area contributed by atoms with Crippen molar-refractivity contribution in [2.45, 2.75) is 32.9 Å². The Bertz CT molecular complexity index is 391. The molecule has 0 amide bonds. The average Bonchev–Trinajstić information content (AvgIpc) is 2.21. The Kier molecular flexibility index (Phi) is 4.92. The predicted octanol–water partition coefficient (Wildman–Crippen LogP) is 2.88. The van der Waals surface area contributed by atoms with E-state index in [-0.39, 0.29) is 11.4 Å². The van der Waals surface area contributed by atoms with Crippen molar-refractivity contribution in [2.75, 3.05) is 13.6 Å². The molecule has 2 N–H and O–H groups in total. The maximum Gasteiger partial charge on any atom is 0.126 e. The standard InChI is InChI=1S/C13H20ClFN2/c1-9-5-11(14)10(6-12(9)15)7-17-13(2,3)8-16-4/h5-6,16-17H,7-8H2,1-4H3. The van der Waals surface area contributed by atoms with Crippen molar-refractivity contribution in [1.29, 1.82) is 0 Å². The zero-order valence-electron chi connectivity index (χ0n) is 10.8. The van der Waals surface area contributed by atoms with Gasteiger partial charge in [0.2, 0.25) is 0 Å². The monoisotopic (exact) mass is 258 g/mol. The first kappa shape index (κ1) is 14.4. The first-order chi connectivity index (χ1) is 7.85. The highest BCUT2D eigenvalue weighted by Gasteiger charge is 2.16. The number of aryl methyl sites for hydroxylation is 1. The fourth-order valence-corrected chi connectivity index (χ4v) is 1.95. The topological polar surface area (TPSA) is 24.1 Å². The second-order valence-corrected chi connectivity index (χ2v) is 5.37. The minimum atomic E-state index is -0.211. The molecule has 0 aromatic heterocycles. The molecule has 1 rings (SSSR count). The van der Waals surface area contributed by atoms with E-state index in [0.29, 0.717) is 17.1 Å². The lowest BCUT2D eigenvalue weighted by molar-refractivity contribution is 0.373. The summed E-state index contributed by atoms with van der Waals surface area (Å²) in [7, 11) is 1.90. The lowest BCUT2D eigenvalue weighted by Gasteiger charge is -2.26. The van der Waals surface area contributed by atoms with Crippen LogP contribution >= 0.6 is 11.6 Å². The molecule has 4 heteroatoms. The fraction of sp³-hybridized carbons (Fsp3) is 0.538. The van der Waals surface area contributed by atoms with Gasteiger partial charge in [-0.25, -0.2) is 4.39 Å². The summed E-state index contributed by atoms with van der Waals surface area (Å²) < 4.78 is 13.4. The largest absolute Gasteiger partial charge is 0.318 e. The van der Waals surface area contributed by atoms with E-state index < -0.39 is 0 Å². The summed E-state index contributed by atoms with van der Waals surface area (Å²) in [5.41, 5.74) is 1.31. The van der Waals surface area contributed by atoms with Gasteiger partial charge in [-0.1, -0.05) is 11.6 Å². The molecular formula is C13H20ClFN2. The van der Waals surface area contributed by atoms with Crippen molar-refractivity contribution in [3.8, 4) is 0 Å². The van der Waals surface area contributed by atoms with Gasteiger partial charge in [0.15, 0.2) is 0 Å². The second-order valence-electron chi connectivity index (χ2n) is 4.96. The van der Waals surface area contributed by atoms with Gasteiger partial charge in [0.25, 0.3) is 0 Å². The molecule has 0 bridgehead atoms. The minimum Gasteiger partial charge on any atom is -0.318 e. The van der Waals surface area contributed by atoms with Crippen LogP contribution in [-0.2, 0) is 6.54 Å². The number of hydrogen-bond acceptors (Lipinski definition) is 2. The number of nitrogens with one attached hydrogen (secondary N) is 2. The molecule has 96 valence electrons. The van der Waals surface area contributed by atoms with Crippen LogP contribution in [0.4, 0.5) is 4.39 Å². The van der Waals surface area contributed by atoms with Crippen LogP contribution < -0.4 is 10.6 Å². The summed E-state index contributed by atoms with van der Waals surface area (Å²) in [5, 5.41) is 7.07. The molecule has 0 radical (unpaired) electrons. The van der Waals surface area contributed by atoms with Crippen molar-refractivity contribution in [2.24, 2.45) is 0 Å². The summed E-state index contributed by atoms with van der Waals surface area (Å²) in [5.74, 6) is -0.211. The summed E-state index contributed by atoms with van der Waals surface area (Å²) in [4.78, 5) is 0. The molecule has 1 aromatic rings. The van der Waals surface area contributed by atoms with Gasteiger partial charge in [-0.2, -0.15) is 0 Å². The van der Waals surface area contributed by atoms with E-state index in [4.69, 9.17) is 11.6 Å². The van der Waals surface area contributed by atoms with Crippen molar-refractivity contribution in [1.82, 2.24) is 10.6 Å². The molecule has 17 heavy (non-hydrogen) atoms. The summed E-state index contributed by atoms with van der Waals surface area (Å²) in [6, 6.07) is 3.17. The molecule has 0 aliphatic rings. The Morgan fingerprint density at radius 3 is 2.59 bits per heavy atom. The van der Waals surface area contributed by atoms with Gasteiger partial charge in [-0.05, 0) is 51.1 Å². The van der Waals surface area contributed by atoms with Gasteiger partial charge >= 0.3 is 0 Å². The molecule has 0 saturated heterocycles. The van der Waals surface area contributed by atoms with E-state index in [9.17, 15) is 4.39 Å². The fourth-order valence-electron chi connectivity index (χ4n) is 1.66. The van der Waals surface area contributed by atoms with Gasteiger partial charge in [0, 0.05) is 23.7 Å². The minimum absolute atomic E-state index is 0.0561. The summed E-state index contributed by atoms with van der Waals surface area (Å²) in [6.07, 6.45) is 0. The lowest BCUT2D eigenvalue weighted by Crippen LogP contribution is -2.46. The van der Waals surface area contributed by atoms with Crippen LogP contribution in [0.5, 0.6) is 0 Å². The van der Waals surface area contributed by atoms with E-state index in [1.807, 2.05) is 7.05 Å². The number of rotatable bonds is 5. The van der Waals surface area contributed by atoms with Crippen molar-refractivity contribution >= 4 is 11.6 Å². The number of benzene rings is 1. The number of halogens is 2. The first-order valence-electron chi connectivity index (χ1n) is 5.70. The van der Waals surface area contributed by atoms with Crippen LogP contribution in [0.2, 0.25) is 5.02 Å². The molecule has 0 aliphatic heterocycles. The Hall–Kier alpha value is -0.640. The SMILES string of the molecule is CNCC(C)(C)NCc1cc(F)c(C)cc1Cl. The molecule has 0 saturated carbocycles. The summed E-state index contributed by atoms with van der Waals surface area (Å²) >= 11 is 6.09. The van der Waals surface area contributed by atoms with Crippen LogP contribution in [0.3, 0.4) is 0 Å². The van der Waals surface area contributed by atoms with Gasteiger partial charge < -0.3 is 10.6 Å². The van der Waals surface area contributed by atoms with Crippen LogP contribution in [0, 0.1) is 12.7 Å². The Balaban J connectivity index is 2.73. The highest BCUT2D eigenvalue weighted by Crippen LogP contribution is 2.20. The summed E-state index contributed by atoms with van der Waals surface area (Å²) in [6.45, 7) is 7.27. The third-order valence-corrected chi connectivity index (χ3v) is 3.06. The predicted molar refractivity (Wildman–Crippen MR) is 71.0 cm³/mol. The lowest BCUT2D eigenvalue weighted by atomic mass is 10.0. The van der Waals surface area contributed by atoms with E-state index in [1.54, 1.807) is 13.0 Å². The first-order valence-corrected chi connectivity index (χ1v) is 6.07. The van der Waals surface area contributed by atoms with Crippen molar-refractivity contribution < 1.29 is 4.39 Å². The van der Waals surface area contributed by atoms with Gasteiger partial charge in [-0.15, -0.1) is 0 Å². The van der Waals surface area contributed by atoms with E-state index in [2.05, 4.69) is 24.5 Å². The molecule has 2 nitrogen and oxygen atoms in total. The maximum atomic E-state index is 13.4. The number of hydrogen-bond donors (Lipinski definition) is 2. The maximum absolute atomic E-state index is 13.4. The third kappa shape index (κ3) is 4.26. The molecular weight excluding hydrogens is 239 g/mol. The molecule has 0 atom stereocenters. The molecule has 0 heterocycles. The Morgan fingerprint density at radius 1 is 1.35 bits per heavy atom. The third-order valence-electron chi connectivity index (χ3n) is 2.70.